The molecule has 0 radical (unpaired) electrons. The zero-order chi connectivity index (χ0) is 60.3. The number of hydroxylamine groups is 1. The summed E-state index contributed by atoms with van der Waals surface area (Å²) < 4.78 is 213. The lowest BCUT2D eigenvalue weighted by Gasteiger charge is -2.51. The number of aliphatic hydroxyl groups is 5. The molecule has 43 heteroatoms. The first-order chi connectivity index (χ1) is 37.6. The molecule has 25 atom stereocenters. The molecule has 5 saturated heterocycles. The van der Waals surface area contributed by atoms with Crippen molar-refractivity contribution in [2.75, 3.05) is 33.5 Å². The highest BCUT2D eigenvalue weighted by molar-refractivity contribution is 7.81. The summed E-state index contributed by atoms with van der Waals surface area (Å²) >= 11 is 0. The number of ether oxygens (including phenoxy) is 11. The predicted octanol–water partition coefficient (Wildman–Crippen LogP) is -8.04. The number of carboxylic acids is 1. The van der Waals surface area contributed by atoms with Crippen LogP contribution in [0.1, 0.15) is 39.0 Å². The Bertz CT molecular complexity index is 2510. The molecule has 1 aliphatic carbocycles. The lowest BCUT2D eigenvalue weighted by Crippen LogP contribution is -2.69. The first-order valence-corrected chi connectivity index (χ1v) is 29.9. The number of hydrogen-bond acceptors (Lipinski definition) is 34. The van der Waals surface area contributed by atoms with E-state index in [4.69, 9.17) is 73.9 Å². The SMILES string of the molecule is CO[C@H]1OC(COS(=O)(=O)O)[C@@H](O[C@@H]2O[C@@H](N[O-])[C@@H](O[C@H]3OC(COS(=O)(=O)O)[C@@H](O[C@@H]4OC(C(=O)O)[C@@H](O[C@H]5OC(COS(=O)(=O)O)[C@@H](O)[C@H](O)C5N)[C@H](O)C4OCC4CCCCC4)[C@H](C)C3N)C(O)C2OS(=O)(=O)O)[C@H](O)C1N. The minimum Gasteiger partial charge on any atom is -0.786 e. The average molecular weight is 1270 g/mol. The van der Waals surface area contributed by atoms with Gasteiger partial charge in [-0.05, 0) is 18.8 Å². The van der Waals surface area contributed by atoms with Crippen LogP contribution in [-0.2, 0) is 115 Å². The second kappa shape index (κ2) is 28.3. The topological polar surface area (TPSA) is 608 Å². The molecule has 0 amide bonds. The minimum atomic E-state index is -5.68. The van der Waals surface area contributed by atoms with Gasteiger partial charge in [-0.15, -0.1) is 0 Å². The van der Waals surface area contributed by atoms with Crippen molar-refractivity contribution in [1.29, 1.82) is 0 Å². The van der Waals surface area contributed by atoms with Crippen molar-refractivity contribution in [3.63, 3.8) is 0 Å². The van der Waals surface area contributed by atoms with E-state index >= 15 is 0 Å². The van der Waals surface area contributed by atoms with E-state index in [0.29, 0.717) is 12.8 Å². The van der Waals surface area contributed by atoms with E-state index in [1.54, 1.807) is 0 Å². The molecule has 6 rings (SSSR count). The van der Waals surface area contributed by atoms with Crippen LogP contribution in [0, 0.1) is 17.0 Å². The highest BCUT2D eigenvalue weighted by atomic mass is 32.3. The molecule has 5 heterocycles. The van der Waals surface area contributed by atoms with Crippen LogP contribution >= 0.6 is 0 Å². The van der Waals surface area contributed by atoms with Crippen molar-refractivity contribution in [1.82, 2.24) is 5.48 Å². The Morgan fingerprint density at radius 1 is 0.531 bits per heavy atom. The van der Waals surface area contributed by atoms with E-state index < -0.39 is 221 Å². The number of hydrogen-bond donors (Lipinski definition) is 14. The third-order valence-corrected chi connectivity index (χ3v) is 15.8. The molecule has 81 heavy (non-hydrogen) atoms. The van der Waals surface area contributed by atoms with Crippen LogP contribution in [0.15, 0.2) is 0 Å². The molecule has 0 aromatic carbocycles. The van der Waals surface area contributed by atoms with Gasteiger partial charge in [-0.1, -0.05) is 26.2 Å². The standard InChI is InChI=1S/C38H67N4O35S4/c1-12-17(39)35(74-28-24(47)30(77-81(60,61)62)38(76-32(28)42-50)72-26-16(11-67-80(57,58)59)69-34(63-2)19(41)22(26)45)70-15(10-66-79(54,55)56)25(12)71-37-29(64-8-13-6-4-3-5-7-13)23(46)27(31(75-37)33(48)49)73-36-18(40)21(44)20(43)14(68-36)9-65-78(51,52)53/h12-32,34-38,42-47H,3-11,39-41H2,1-2H3,(H,48,49)(H,51,52,53)(H,54,55,56)(H,57,58,59)(H,60,61,62)/q-1/t12-,14?,15?,16?,17?,18?,19?,20-,21-,22-,23+,24?,25+,26-,27+,28+,29?,30?,31?,32-,34+,35-,36-,37-,38-/m1/s1. The van der Waals surface area contributed by atoms with Crippen LogP contribution in [0.25, 0.3) is 0 Å². The van der Waals surface area contributed by atoms with Crippen molar-refractivity contribution in [2.24, 2.45) is 29.0 Å². The lowest BCUT2D eigenvalue weighted by atomic mass is 9.88. The number of aliphatic hydroxyl groups excluding tert-OH is 5. The summed E-state index contributed by atoms with van der Waals surface area (Å²) in [6.45, 7) is -2.36. The number of nitrogens with one attached hydrogen (secondary N) is 1. The third kappa shape index (κ3) is 18.1. The van der Waals surface area contributed by atoms with E-state index in [2.05, 4.69) is 16.7 Å². The molecular weight excluding hydrogens is 1200 g/mol. The largest absolute Gasteiger partial charge is 0.786 e. The van der Waals surface area contributed by atoms with Crippen molar-refractivity contribution in [3.05, 3.63) is 5.21 Å². The lowest BCUT2D eigenvalue weighted by molar-refractivity contribution is -0.375. The second-order valence-electron chi connectivity index (χ2n) is 19.5. The fraction of sp³-hybridized carbons (Fsp3) is 0.974. The van der Waals surface area contributed by atoms with Gasteiger partial charge >= 0.3 is 47.6 Å². The molecule has 5 aliphatic heterocycles. The van der Waals surface area contributed by atoms with Crippen LogP contribution in [0.5, 0.6) is 0 Å². The van der Waals surface area contributed by atoms with Crippen molar-refractivity contribution >= 4 is 47.6 Å². The maximum Gasteiger partial charge on any atom is 0.397 e. The minimum absolute atomic E-state index is 0.134. The fourth-order valence-electron chi connectivity index (χ4n) is 9.85. The molecule has 1 saturated carbocycles. The molecule has 0 spiro atoms. The predicted molar refractivity (Wildman–Crippen MR) is 252 cm³/mol. The first kappa shape index (κ1) is 68.2. The Morgan fingerprint density at radius 2 is 1.00 bits per heavy atom. The van der Waals surface area contributed by atoms with Gasteiger partial charge in [-0.2, -0.15) is 33.7 Å². The Hall–Kier alpha value is -1.89. The summed E-state index contributed by atoms with van der Waals surface area (Å²) in [7, 11) is -20.4. The summed E-state index contributed by atoms with van der Waals surface area (Å²) in [6, 6.07) is -4.93. The summed E-state index contributed by atoms with van der Waals surface area (Å²) in [5.74, 6) is -3.33. The average Bonchev–Trinajstić information content (AvgIpc) is 3.37. The molecule has 474 valence electrons. The highest BCUT2D eigenvalue weighted by Gasteiger charge is 2.58. The van der Waals surface area contributed by atoms with Gasteiger partial charge in [0.05, 0.1) is 50.7 Å². The second-order valence-corrected chi connectivity index (χ2v) is 23.9. The van der Waals surface area contributed by atoms with E-state index in [1.807, 2.05) is 0 Å². The molecule has 6 aliphatic rings. The normalized spacial score (nSPS) is 42.6. The van der Waals surface area contributed by atoms with Crippen LogP contribution in [-0.4, -0.2) is 269 Å². The molecule has 0 aromatic heterocycles. The van der Waals surface area contributed by atoms with Gasteiger partial charge in [0.2, 0.25) is 0 Å². The Kier molecular flexibility index (Phi) is 23.8. The number of aliphatic carboxylic acids is 1. The van der Waals surface area contributed by atoms with E-state index in [1.165, 1.54) is 12.4 Å². The van der Waals surface area contributed by atoms with Gasteiger partial charge in [0.25, 0.3) is 0 Å². The van der Waals surface area contributed by atoms with Crippen LogP contribution in [0.2, 0.25) is 0 Å². The van der Waals surface area contributed by atoms with Gasteiger partial charge in [-0.3, -0.25) is 18.2 Å². The van der Waals surface area contributed by atoms with Gasteiger partial charge in [0, 0.05) is 13.0 Å². The molecular formula is C38H67N4O35S4-. The molecule has 0 bridgehead atoms. The maximum absolute atomic E-state index is 13.0. The van der Waals surface area contributed by atoms with Gasteiger partial charge in [0.15, 0.2) is 43.7 Å². The number of nitrogens with two attached hydrogens (primary N) is 3. The Morgan fingerprint density at radius 3 is 1.54 bits per heavy atom. The van der Waals surface area contributed by atoms with E-state index in [9.17, 15) is 88.0 Å². The number of rotatable bonds is 25. The number of methoxy groups -OCH3 is 1. The third-order valence-electron chi connectivity index (χ3n) is 14.0. The highest BCUT2D eigenvalue weighted by Crippen LogP contribution is 2.39. The zero-order valence-electron chi connectivity index (χ0n) is 42.4. The number of carboxylic acid groups (broad SMARTS) is 1. The van der Waals surface area contributed by atoms with Gasteiger partial charge < -0.3 is 111 Å². The van der Waals surface area contributed by atoms with Crippen molar-refractivity contribution in [2.45, 2.75) is 186 Å². The van der Waals surface area contributed by atoms with Crippen LogP contribution in [0.3, 0.4) is 0 Å². The van der Waals surface area contributed by atoms with Crippen molar-refractivity contribution in [3.8, 4) is 0 Å². The number of carbonyl (C=O) groups is 1. The van der Waals surface area contributed by atoms with E-state index in [0.717, 1.165) is 26.4 Å². The Labute approximate surface area is 462 Å². The molecule has 6 fully saturated rings. The zero-order valence-corrected chi connectivity index (χ0v) is 45.7. The van der Waals surface area contributed by atoms with Crippen molar-refractivity contribution < 1.29 is 156 Å². The van der Waals surface area contributed by atoms with Crippen LogP contribution in [0.4, 0.5) is 0 Å². The van der Waals surface area contributed by atoms with Gasteiger partial charge in [-0.25, -0.2) is 21.5 Å². The van der Waals surface area contributed by atoms with Crippen LogP contribution < -0.4 is 22.7 Å². The quantitative estimate of drug-likeness (QED) is 0.0298. The summed E-state index contributed by atoms with van der Waals surface area (Å²) in [4.78, 5) is 13.0. The summed E-state index contributed by atoms with van der Waals surface area (Å²) in [6.07, 6.45) is -39.5. The first-order valence-electron chi connectivity index (χ1n) is 24.4. The molecule has 39 nitrogen and oxygen atoms in total. The van der Waals surface area contributed by atoms with E-state index in [-0.39, 0.29) is 12.5 Å². The van der Waals surface area contributed by atoms with Gasteiger partial charge in [0.1, 0.15) is 79.5 Å². The fourth-order valence-corrected chi connectivity index (χ4v) is 11.3. The molecule has 10 unspecified atom stereocenters. The molecule has 17 N–H and O–H groups in total. The monoisotopic (exact) mass is 1270 g/mol. The Balaban J connectivity index is 1.28. The molecule has 0 aromatic rings. The summed E-state index contributed by atoms with van der Waals surface area (Å²) in [5, 5.41) is 79.2. The maximum atomic E-state index is 13.0. The smallest absolute Gasteiger partial charge is 0.397 e. The summed E-state index contributed by atoms with van der Waals surface area (Å²) in [5.41, 5.74) is 20.0.